The molecule has 2 aromatic rings. The van der Waals surface area contributed by atoms with E-state index in [0.29, 0.717) is 22.8 Å². The molecule has 1 heterocycles. The molecule has 6 heteroatoms. The van der Waals surface area contributed by atoms with Crippen molar-refractivity contribution in [2.75, 3.05) is 10.2 Å². The molecule has 0 spiro atoms. The first-order valence-corrected chi connectivity index (χ1v) is 10.3. The normalized spacial score (nSPS) is 17.8. The second kappa shape index (κ2) is 8.54. The molecule has 1 fully saturated rings. The lowest BCUT2D eigenvalue weighted by molar-refractivity contribution is -0.117. The van der Waals surface area contributed by atoms with Gasteiger partial charge in [0.25, 0.3) is 5.91 Å². The summed E-state index contributed by atoms with van der Waals surface area (Å²) in [5.74, 6) is -0.620. The minimum atomic E-state index is -0.515. The van der Waals surface area contributed by atoms with Crippen LogP contribution in [-0.4, -0.2) is 17.1 Å². The Morgan fingerprint density at radius 1 is 1.17 bits per heavy atom. The van der Waals surface area contributed by atoms with Crippen molar-refractivity contribution in [3.8, 4) is 6.07 Å². The monoisotopic (exact) mass is 405 g/mol. The number of hydrogen-bond acceptors (Lipinski definition) is 4. The van der Waals surface area contributed by atoms with Crippen LogP contribution in [0.25, 0.3) is 0 Å². The van der Waals surface area contributed by atoms with Crippen molar-refractivity contribution < 1.29 is 9.59 Å². The maximum Gasteiger partial charge on any atom is 0.269 e. The number of hydrogen-bond donors (Lipinski definition) is 1. The van der Waals surface area contributed by atoms with E-state index in [1.165, 1.54) is 16.7 Å². The molecule has 1 aliphatic rings. The number of benzene rings is 2. The number of anilines is 2. The molecule has 1 aliphatic heterocycles. The first-order valence-electron chi connectivity index (χ1n) is 9.46. The first-order chi connectivity index (χ1) is 13.8. The highest BCUT2D eigenvalue weighted by atomic mass is 32.2. The number of thioether (sulfide) groups is 1. The molecule has 0 aromatic heterocycles. The fourth-order valence-electron chi connectivity index (χ4n) is 3.13. The van der Waals surface area contributed by atoms with E-state index in [2.05, 4.69) is 5.32 Å². The molecule has 0 aliphatic carbocycles. The van der Waals surface area contributed by atoms with Gasteiger partial charge in [0.05, 0.1) is 5.25 Å². The molecule has 3 rings (SSSR count). The first kappa shape index (κ1) is 20.7. The zero-order valence-electron chi connectivity index (χ0n) is 16.9. The Hall–Kier alpha value is -3.04. The summed E-state index contributed by atoms with van der Waals surface area (Å²) in [7, 11) is 0. The molecule has 1 unspecified atom stereocenters. The Balaban J connectivity index is 2.05. The van der Waals surface area contributed by atoms with Crippen LogP contribution in [0.4, 0.5) is 11.4 Å². The average molecular weight is 406 g/mol. The van der Waals surface area contributed by atoms with Crippen LogP contribution >= 0.6 is 11.8 Å². The quantitative estimate of drug-likeness (QED) is 0.583. The second-order valence-corrected chi connectivity index (χ2v) is 8.26. The number of carbonyl (C=O) groups excluding carboxylic acids is 2. The van der Waals surface area contributed by atoms with Gasteiger partial charge in [-0.2, -0.15) is 5.26 Å². The van der Waals surface area contributed by atoms with Crippen LogP contribution in [0, 0.1) is 32.1 Å². The minimum Gasteiger partial charge on any atom is -0.321 e. The molecule has 148 valence electrons. The molecule has 2 aromatic carbocycles. The molecule has 29 heavy (non-hydrogen) atoms. The van der Waals surface area contributed by atoms with E-state index in [9.17, 15) is 14.9 Å². The van der Waals surface area contributed by atoms with E-state index in [1.807, 2.05) is 70.2 Å². The zero-order valence-corrected chi connectivity index (χ0v) is 17.8. The van der Waals surface area contributed by atoms with Gasteiger partial charge in [0.2, 0.25) is 5.91 Å². The van der Waals surface area contributed by atoms with Crippen LogP contribution in [-0.2, 0) is 9.59 Å². The lowest BCUT2D eigenvalue weighted by Gasteiger charge is -2.19. The summed E-state index contributed by atoms with van der Waals surface area (Å²) < 4.78 is 0. The third-order valence-corrected chi connectivity index (χ3v) is 6.33. The zero-order chi connectivity index (χ0) is 21.1. The van der Waals surface area contributed by atoms with Crippen LogP contribution < -0.4 is 10.2 Å². The summed E-state index contributed by atoms with van der Waals surface area (Å²) in [5.41, 5.74) is 4.39. The fraction of sp³-hybridized carbons (Fsp3) is 0.261. The second-order valence-electron chi connectivity index (χ2n) is 7.07. The summed E-state index contributed by atoms with van der Waals surface area (Å²) in [6, 6.07) is 15.1. The Morgan fingerprint density at radius 3 is 2.55 bits per heavy atom. The van der Waals surface area contributed by atoms with Crippen molar-refractivity contribution in [1.29, 1.82) is 5.26 Å². The van der Waals surface area contributed by atoms with Gasteiger partial charge in [-0.3, -0.25) is 14.5 Å². The summed E-state index contributed by atoms with van der Waals surface area (Å²) in [6.07, 6.45) is 0.618. The van der Waals surface area contributed by atoms with Crippen LogP contribution in [0.2, 0.25) is 0 Å². The topological polar surface area (TPSA) is 73.2 Å². The number of aryl methyl sites for hydroxylation is 3. The Bertz CT molecular complexity index is 1050. The highest BCUT2D eigenvalue weighted by molar-refractivity contribution is 8.05. The van der Waals surface area contributed by atoms with Crippen molar-refractivity contribution in [3.05, 3.63) is 69.8 Å². The predicted molar refractivity (Wildman–Crippen MR) is 118 cm³/mol. The van der Waals surface area contributed by atoms with E-state index >= 15 is 0 Å². The van der Waals surface area contributed by atoms with Crippen LogP contribution in [0.1, 0.15) is 30.0 Å². The summed E-state index contributed by atoms with van der Waals surface area (Å²) in [5, 5.41) is 12.6. The molecule has 1 atom stereocenters. The van der Waals surface area contributed by atoms with Gasteiger partial charge in [-0.05, 0) is 68.1 Å². The van der Waals surface area contributed by atoms with Crippen molar-refractivity contribution in [2.45, 2.75) is 39.4 Å². The highest BCUT2D eigenvalue weighted by Gasteiger charge is 2.39. The van der Waals surface area contributed by atoms with Crippen molar-refractivity contribution in [3.63, 3.8) is 0 Å². The van der Waals surface area contributed by atoms with Gasteiger partial charge in [-0.15, -0.1) is 0 Å². The summed E-state index contributed by atoms with van der Waals surface area (Å²) in [4.78, 5) is 27.4. The molecule has 0 radical (unpaired) electrons. The van der Waals surface area contributed by atoms with Gasteiger partial charge in [-0.25, -0.2) is 0 Å². The molecular formula is C23H23N3O2S. The molecular weight excluding hydrogens is 382 g/mol. The van der Waals surface area contributed by atoms with Gasteiger partial charge in [0.15, 0.2) is 0 Å². The highest BCUT2D eigenvalue weighted by Crippen LogP contribution is 2.42. The standard InChI is InChI=1S/C23H23N3O2S/c1-5-20-22(28)26(18-10-9-15(3)16(4)12-18)23(29-20)19(13-24)21(27)25-17-8-6-7-14(2)11-17/h6-12,20H,5H2,1-4H3,(H,25,27)/b23-19-. The molecule has 5 nitrogen and oxygen atoms in total. The summed E-state index contributed by atoms with van der Waals surface area (Å²) >= 11 is 1.28. The van der Waals surface area contributed by atoms with E-state index in [-0.39, 0.29) is 16.7 Å². The van der Waals surface area contributed by atoms with Gasteiger partial charge in [0.1, 0.15) is 16.7 Å². The average Bonchev–Trinajstić information content (AvgIpc) is 3.01. The third-order valence-electron chi connectivity index (χ3n) is 4.90. The van der Waals surface area contributed by atoms with Crippen LogP contribution in [0.5, 0.6) is 0 Å². The third kappa shape index (κ3) is 4.20. The maximum atomic E-state index is 13.0. The largest absolute Gasteiger partial charge is 0.321 e. The molecule has 1 saturated heterocycles. The van der Waals surface area contributed by atoms with E-state index in [1.54, 1.807) is 6.07 Å². The van der Waals surface area contributed by atoms with E-state index in [0.717, 1.165) is 16.7 Å². The van der Waals surface area contributed by atoms with Crippen LogP contribution in [0.3, 0.4) is 0 Å². The van der Waals surface area contributed by atoms with Crippen molar-refractivity contribution in [1.82, 2.24) is 0 Å². The fourth-order valence-corrected chi connectivity index (χ4v) is 4.33. The van der Waals surface area contributed by atoms with E-state index in [4.69, 9.17) is 0 Å². The van der Waals surface area contributed by atoms with E-state index < -0.39 is 5.91 Å². The number of nitrogens with zero attached hydrogens (tertiary/aromatic N) is 2. The maximum absolute atomic E-state index is 13.0. The molecule has 0 saturated carbocycles. The minimum absolute atomic E-state index is 0.0564. The number of nitriles is 1. The molecule has 0 bridgehead atoms. The van der Waals surface area contributed by atoms with Crippen LogP contribution in [0.15, 0.2) is 53.1 Å². The van der Waals surface area contributed by atoms with Crippen molar-refractivity contribution in [2.24, 2.45) is 0 Å². The Labute approximate surface area is 175 Å². The molecule has 1 N–H and O–H groups in total. The number of rotatable bonds is 4. The Kier molecular flexibility index (Phi) is 6.09. The molecule has 2 amide bonds. The van der Waals surface area contributed by atoms with Gasteiger partial charge < -0.3 is 5.32 Å². The predicted octanol–water partition coefficient (Wildman–Crippen LogP) is 4.84. The number of nitrogens with one attached hydrogen (secondary N) is 1. The number of amides is 2. The van der Waals surface area contributed by atoms with Gasteiger partial charge in [0, 0.05) is 11.4 Å². The SMILES string of the molecule is CCC1S/C(=C(/C#N)C(=O)Nc2cccc(C)c2)N(c2ccc(C)c(C)c2)C1=O. The smallest absolute Gasteiger partial charge is 0.269 e. The summed E-state index contributed by atoms with van der Waals surface area (Å²) in [6.45, 7) is 7.83. The number of carbonyl (C=O) groups is 2. The van der Waals surface area contributed by atoms with Gasteiger partial charge in [-0.1, -0.05) is 36.9 Å². The lowest BCUT2D eigenvalue weighted by atomic mass is 10.1. The Morgan fingerprint density at radius 2 is 1.93 bits per heavy atom. The van der Waals surface area contributed by atoms with Gasteiger partial charge >= 0.3 is 0 Å². The lowest BCUT2D eigenvalue weighted by Crippen LogP contribution is -2.30. The van der Waals surface area contributed by atoms with Crippen molar-refractivity contribution >= 4 is 35.0 Å².